The molecule has 2 N–H and O–H groups in total. The van der Waals surface area contributed by atoms with Crippen LogP contribution < -0.4 is 5.73 Å². The molecule has 0 spiro atoms. The van der Waals surface area contributed by atoms with Gasteiger partial charge in [0.2, 0.25) is 0 Å². The number of piperidine rings is 1. The fourth-order valence-electron chi connectivity index (χ4n) is 1.46. The van der Waals surface area contributed by atoms with Gasteiger partial charge in [0, 0.05) is 12.6 Å². The fraction of sp³-hybridized carbons (Fsp3) is 1.00. The molecule has 0 unspecified atom stereocenters. The highest BCUT2D eigenvalue weighted by Crippen LogP contribution is 2.20. The van der Waals surface area contributed by atoms with E-state index in [0.717, 1.165) is 12.8 Å². The van der Waals surface area contributed by atoms with Gasteiger partial charge in [0.15, 0.2) is 0 Å². The minimum Gasteiger partial charge on any atom is -0.328 e. The van der Waals surface area contributed by atoms with Crippen molar-refractivity contribution in [1.82, 2.24) is 4.90 Å². The Bertz CT molecular complexity index is 158. The van der Waals surface area contributed by atoms with E-state index in [0.29, 0.717) is 13.1 Å². The zero-order chi connectivity index (χ0) is 9.90. The van der Waals surface area contributed by atoms with Crippen LogP contribution in [0.2, 0.25) is 0 Å². The molecular formula is C8H17Cl2F3N2. The predicted octanol–water partition coefficient (Wildman–Crippen LogP) is 2.21. The first-order valence-electron chi connectivity index (χ1n) is 4.52. The third-order valence-corrected chi connectivity index (χ3v) is 2.34. The maximum absolute atomic E-state index is 11.8. The molecule has 1 fully saturated rings. The molecule has 0 aromatic carbocycles. The van der Waals surface area contributed by atoms with Crippen LogP contribution in [0.1, 0.15) is 19.3 Å². The summed E-state index contributed by atoms with van der Waals surface area (Å²) in [4.78, 5) is 1.83. The molecule has 0 radical (unpaired) electrons. The molecule has 0 amide bonds. The van der Waals surface area contributed by atoms with Gasteiger partial charge in [-0.05, 0) is 25.9 Å². The van der Waals surface area contributed by atoms with Crippen molar-refractivity contribution in [2.45, 2.75) is 31.5 Å². The van der Waals surface area contributed by atoms with E-state index in [-0.39, 0.29) is 37.4 Å². The standard InChI is InChI=1S/C8H15F3N2.2ClH/c9-8(10,11)3-6-13-4-1-7(12)2-5-13;;/h7H,1-6,12H2;2*1H. The molecule has 0 aromatic rings. The molecule has 1 saturated heterocycles. The average molecular weight is 269 g/mol. The molecule has 1 rings (SSSR count). The van der Waals surface area contributed by atoms with Gasteiger partial charge in [0.1, 0.15) is 0 Å². The van der Waals surface area contributed by atoms with Gasteiger partial charge >= 0.3 is 6.18 Å². The van der Waals surface area contributed by atoms with Crippen LogP contribution in [-0.2, 0) is 0 Å². The van der Waals surface area contributed by atoms with Crippen LogP contribution in [0.25, 0.3) is 0 Å². The molecule has 0 atom stereocenters. The van der Waals surface area contributed by atoms with Crippen molar-refractivity contribution in [3.63, 3.8) is 0 Å². The fourth-order valence-corrected chi connectivity index (χ4v) is 1.46. The Labute approximate surface area is 100 Å². The van der Waals surface area contributed by atoms with E-state index in [9.17, 15) is 13.2 Å². The lowest BCUT2D eigenvalue weighted by Crippen LogP contribution is -2.40. The predicted molar refractivity (Wildman–Crippen MR) is 58.8 cm³/mol. The van der Waals surface area contributed by atoms with E-state index >= 15 is 0 Å². The van der Waals surface area contributed by atoms with Gasteiger partial charge in [-0.25, -0.2) is 0 Å². The highest BCUT2D eigenvalue weighted by atomic mass is 35.5. The lowest BCUT2D eigenvalue weighted by atomic mass is 10.1. The van der Waals surface area contributed by atoms with Crippen molar-refractivity contribution < 1.29 is 13.2 Å². The van der Waals surface area contributed by atoms with E-state index in [1.54, 1.807) is 0 Å². The molecule has 0 bridgehead atoms. The number of rotatable bonds is 2. The van der Waals surface area contributed by atoms with Crippen molar-refractivity contribution in [3.8, 4) is 0 Å². The minimum atomic E-state index is -4.03. The van der Waals surface area contributed by atoms with Crippen LogP contribution in [0.4, 0.5) is 13.2 Å². The van der Waals surface area contributed by atoms with Gasteiger partial charge < -0.3 is 10.6 Å². The first-order valence-corrected chi connectivity index (χ1v) is 4.52. The van der Waals surface area contributed by atoms with Crippen molar-refractivity contribution >= 4 is 24.8 Å². The molecule has 1 aliphatic heterocycles. The summed E-state index contributed by atoms with van der Waals surface area (Å²) in [5.41, 5.74) is 5.63. The van der Waals surface area contributed by atoms with Gasteiger partial charge in [-0.15, -0.1) is 24.8 Å². The molecule has 0 aliphatic carbocycles. The Morgan fingerprint density at radius 3 is 2.00 bits per heavy atom. The summed E-state index contributed by atoms with van der Waals surface area (Å²) in [6, 6.07) is 0.183. The van der Waals surface area contributed by atoms with Crippen molar-refractivity contribution in [2.24, 2.45) is 5.73 Å². The largest absolute Gasteiger partial charge is 0.390 e. The summed E-state index contributed by atoms with van der Waals surface area (Å²) >= 11 is 0. The van der Waals surface area contributed by atoms with Crippen molar-refractivity contribution in [2.75, 3.05) is 19.6 Å². The molecule has 1 aliphatic rings. The van der Waals surface area contributed by atoms with Crippen molar-refractivity contribution in [1.29, 1.82) is 0 Å². The second-order valence-corrected chi connectivity index (χ2v) is 3.54. The molecular weight excluding hydrogens is 252 g/mol. The van der Waals surface area contributed by atoms with Crippen LogP contribution in [0, 0.1) is 0 Å². The smallest absolute Gasteiger partial charge is 0.328 e. The van der Waals surface area contributed by atoms with Crippen molar-refractivity contribution in [3.05, 3.63) is 0 Å². The Kier molecular flexibility index (Phi) is 8.89. The number of halogens is 5. The molecule has 2 nitrogen and oxygen atoms in total. The third-order valence-electron chi connectivity index (χ3n) is 2.34. The SMILES string of the molecule is Cl.Cl.NC1CCN(CCC(F)(F)F)CC1. The van der Waals surface area contributed by atoms with E-state index in [1.165, 1.54) is 0 Å². The van der Waals surface area contributed by atoms with Crippen LogP contribution in [0.3, 0.4) is 0 Å². The maximum atomic E-state index is 11.8. The molecule has 94 valence electrons. The van der Waals surface area contributed by atoms with Gasteiger partial charge in [0.25, 0.3) is 0 Å². The Morgan fingerprint density at radius 1 is 1.13 bits per heavy atom. The first-order chi connectivity index (χ1) is 5.97. The number of hydrogen-bond donors (Lipinski definition) is 1. The lowest BCUT2D eigenvalue weighted by molar-refractivity contribution is -0.138. The molecule has 0 saturated carbocycles. The van der Waals surface area contributed by atoms with E-state index in [4.69, 9.17) is 5.73 Å². The number of nitrogens with zero attached hydrogens (tertiary/aromatic N) is 1. The number of alkyl halides is 3. The Morgan fingerprint density at radius 2 is 1.60 bits per heavy atom. The van der Waals surface area contributed by atoms with Gasteiger partial charge in [-0.3, -0.25) is 0 Å². The van der Waals surface area contributed by atoms with Crippen LogP contribution in [-0.4, -0.2) is 36.8 Å². The monoisotopic (exact) mass is 268 g/mol. The Hall–Kier alpha value is 0.290. The summed E-state index contributed by atoms with van der Waals surface area (Å²) in [7, 11) is 0. The van der Waals surface area contributed by atoms with E-state index < -0.39 is 12.6 Å². The van der Waals surface area contributed by atoms with Gasteiger partial charge in [-0.2, -0.15) is 13.2 Å². The van der Waals surface area contributed by atoms with E-state index in [2.05, 4.69) is 0 Å². The van der Waals surface area contributed by atoms with E-state index in [1.807, 2.05) is 4.90 Å². The second kappa shape index (κ2) is 7.54. The first kappa shape index (κ1) is 17.7. The van der Waals surface area contributed by atoms with Crippen LogP contribution in [0.15, 0.2) is 0 Å². The highest BCUT2D eigenvalue weighted by molar-refractivity contribution is 5.85. The Balaban J connectivity index is 0. The number of likely N-dealkylation sites (tertiary alicyclic amines) is 1. The van der Waals surface area contributed by atoms with Crippen LogP contribution in [0.5, 0.6) is 0 Å². The average Bonchev–Trinajstić information content (AvgIpc) is 2.02. The summed E-state index contributed by atoms with van der Waals surface area (Å²) in [6.07, 6.45) is -3.10. The molecule has 0 aromatic heterocycles. The topological polar surface area (TPSA) is 29.3 Å². The second-order valence-electron chi connectivity index (χ2n) is 3.54. The zero-order valence-corrected chi connectivity index (χ0v) is 9.93. The molecule has 15 heavy (non-hydrogen) atoms. The number of hydrogen-bond acceptors (Lipinski definition) is 2. The normalized spacial score (nSPS) is 19.2. The molecule has 7 heteroatoms. The summed E-state index contributed by atoms with van der Waals surface area (Å²) in [6.45, 7) is 1.53. The highest BCUT2D eigenvalue weighted by Gasteiger charge is 2.28. The van der Waals surface area contributed by atoms with Crippen LogP contribution >= 0.6 is 24.8 Å². The quantitative estimate of drug-likeness (QED) is 0.832. The summed E-state index contributed by atoms with van der Waals surface area (Å²) < 4.78 is 35.5. The third kappa shape index (κ3) is 8.13. The van der Waals surface area contributed by atoms with Gasteiger partial charge in [-0.1, -0.05) is 0 Å². The molecule has 1 heterocycles. The lowest BCUT2D eigenvalue weighted by Gasteiger charge is -2.30. The number of nitrogens with two attached hydrogens (primary N) is 1. The zero-order valence-electron chi connectivity index (χ0n) is 8.29. The maximum Gasteiger partial charge on any atom is 0.390 e. The van der Waals surface area contributed by atoms with Gasteiger partial charge in [0.05, 0.1) is 6.42 Å². The minimum absolute atomic E-state index is 0. The summed E-state index contributed by atoms with van der Waals surface area (Å²) in [5, 5.41) is 0. The summed E-state index contributed by atoms with van der Waals surface area (Å²) in [5.74, 6) is 0.